The van der Waals surface area contributed by atoms with Crippen molar-refractivity contribution in [3.8, 4) is 0 Å². The standard InChI is InChI=1S/C22H29N5O4.HI/c1-3-23-21(26-11-13-27(14-12-26)22(29)30-4-2)24-16-17-7-9-18(10-8-17)25-20(28)19-6-5-15-31-19;/h5-10,15H,3-4,11-14,16H2,1-2H3,(H,23,24)(H,25,28);1H. The van der Waals surface area contributed by atoms with Crippen molar-refractivity contribution in [1.29, 1.82) is 0 Å². The summed E-state index contributed by atoms with van der Waals surface area (Å²) in [5.74, 6) is 0.806. The highest BCUT2D eigenvalue weighted by molar-refractivity contribution is 14.0. The van der Waals surface area contributed by atoms with Crippen molar-refractivity contribution in [1.82, 2.24) is 15.1 Å². The molecular weight excluding hydrogens is 525 g/mol. The number of halogens is 1. The zero-order valence-electron chi connectivity index (χ0n) is 18.4. The maximum atomic E-state index is 12.1. The van der Waals surface area contributed by atoms with Crippen LogP contribution in [0.25, 0.3) is 0 Å². The normalized spacial score (nSPS) is 13.9. The van der Waals surface area contributed by atoms with Gasteiger partial charge in [-0.2, -0.15) is 0 Å². The van der Waals surface area contributed by atoms with Crippen LogP contribution in [0, 0.1) is 0 Å². The van der Waals surface area contributed by atoms with Crippen LogP contribution in [0.4, 0.5) is 10.5 Å². The number of furan rings is 1. The zero-order chi connectivity index (χ0) is 22.1. The molecule has 9 nitrogen and oxygen atoms in total. The number of hydrogen-bond donors (Lipinski definition) is 2. The molecule has 0 radical (unpaired) electrons. The predicted octanol–water partition coefficient (Wildman–Crippen LogP) is 3.39. The Kier molecular flexibility index (Phi) is 10.3. The van der Waals surface area contributed by atoms with E-state index in [9.17, 15) is 9.59 Å². The number of anilines is 1. The lowest BCUT2D eigenvalue weighted by molar-refractivity contribution is 0.0914. The number of hydrogen-bond acceptors (Lipinski definition) is 5. The van der Waals surface area contributed by atoms with Crippen LogP contribution < -0.4 is 10.6 Å². The summed E-state index contributed by atoms with van der Waals surface area (Å²) in [6.07, 6.45) is 1.21. The molecule has 1 aromatic heterocycles. The number of ether oxygens (including phenoxy) is 1. The Hall–Kier alpha value is -2.76. The Morgan fingerprint density at radius 2 is 1.75 bits per heavy atom. The molecule has 1 saturated heterocycles. The van der Waals surface area contributed by atoms with E-state index < -0.39 is 0 Å². The van der Waals surface area contributed by atoms with Crippen LogP contribution in [0.1, 0.15) is 30.0 Å². The second kappa shape index (κ2) is 12.9. The molecule has 2 heterocycles. The largest absolute Gasteiger partial charge is 0.459 e. The van der Waals surface area contributed by atoms with Crippen LogP contribution in [0.15, 0.2) is 52.1 Å². The third-order valence-electron chi connectivity index (χ3n) is 4.81. The van der Waals surface area contributed by atoms with Crippen LogP contribution in [0.3, 0.4) is 0 Å². The second-order valence-corrected chi connectivity index (χ2v) is 6.97. The van der Waals surface area contributed by atoms with Gasteiger partial charge in [0.05, 0.1) is 19.4 Å². The highest BCUT2D eigenvalue weighted by Gasteiger charge is 2.23. The van der Waals surface area contributed by atoms with Crippen molar-refractivity contribution in [3.05, 3.63) is 54.0 Å². The third-order valence-corrected chi connectivity index (χ3v) is 4.81. The van der Waals surface area contributed by atoms with E-state index in [1.807, 2.05) is 38.1 Å². The molecule has 1 fully saturated rings. The monoisotopic (exact) mass is 555 g/mol. The van der Waals surface area contributed by atoms with E-state index in [1.54, 1.807) is 17.0 Å². The molecule has 2 aromatic rings. The summed E-state index contributed by atoms with van der Waals surface area (Å²) in [7, 11) is 0. The number of nitrogens with one attached hydrogen (secondary N) is 2. The summed E-state index contributed by atoms with van der Waals surface area (Å²) >= 11 is 0. The van der Waals surface area contributed by atoms with E-state index in [2.05, 4.69) is 15.5 Å². The topological polar surface area (TPSA) is 99.4 Å². The first-order valence-electron chi connectivity index (χ1n) is 10.5. The summed E-state index contributed by atoms with van der Waals surface area (Å²) in [6, 6.07) is 10.8. The minimum absolute atomic E-state index is 0. The van der Waals surface area contributed by atoms with Crippen molar-refractivity contribution < 1.29 is 18.7 Å². The molecule has 1 aliphatic rings. The molecule has 10 heteroatoms. The van der Waals surface area contributed by atoms with E-state index in [0.717, 1.165) is 18.1 Å². The number of nitrogens with zero attached hydrogens (tertiary/aromatic N) is 3. The molecule has 0 unspecified atom stereocenters. The Labute approximate surface area is 205 Å². The fourth-order valence-corrected chi connectivity index (χ4v) is 3.20. The van der Waals surface area contributed by atoms with Crippen molar-refractivity contribution in [2.24, 2.45) is 4.99 Å². The molecule has 0 spiro atoms. The number of rotatable bonds is 6. The fourth-order valence-electron chi connectivity index (χ4n) is 3.20. The SMILES string of the molecule is CCNC(=NCc1ccc(NC(=O)c2ccco2)cc1)N1CCN(C(=O)OCC)CC1.I. The van der Waals surface area contributed by atoms with E-state index in [-0.39, 0.29) is 41.7 Å². The maximum absolute atomic E-state index is 12.1. The molecule has 3 rings (SSSR count). The lowest BCUT2D eigenvalue weighted by Gasteiger charge is -2.35. The second-order valence-electron chi connectivity index (χ2n) is 6.97. The van der Waals surface area contributed by atoms with Crippen LogP contribution in [-0.2, 0) is 11.3 Å². The molecule has 0 saturated carbocycles. The summed E-state index contributed by atoms with van der Waals surface area (Å²) in [4.78, 5) is 32.5. The minimum atomic E-state index is -0.285. The quantitative estimate of drug-likeness (QED) is 0.322. The Balaban J connectivity index is 0.00000363. The van der Waals surface area contributed by atoms with Gasteiger partial charge in [0.1, 0.15) is 0 Å². The van der Waals surface area contributed by atoms with Crippen LogP contribution in [0.2, 0.25) is 0 Å². The molecule has 0 bridgehead atoms. The molecule has 174 valence electrons. The number of piperazine rings is 1. The lowest BCUT2D eigenvalue weighted by Crippen LogP contribution is -2.53. The molecule has 2 amide bonds. The van der Waals surface area contributed by atoms with Crippen molar-refractivity contribution in [2.45, 2.75) is 20.4 Å². The Morgan fingerprint density at radius 3 is 2.34 bits per heavy atom. The van der Waals surface area contributed by atoms with Crippen molar-refractivity contribution in [2.75, 3.05) is 44.6 Å². The summed E-state index contributed by atoms with van der Waals surface area (Å²) < 4.78 is 10.2. The van der Waals surface area contributed by atoms with Crippen molar-refractivity contribution >= 4 is 47.6 Å². The van der Waals surface area contributed by atoms with Gasteiger partial charge in [-0.1, -0.05) is 12.1 Å². The maximum Gasteiger partial charge on any atom is 0.409 e. The molecular formula is C22H30IN5O4. The number of aliphatic imine (C=N–C) groups is 1. The van der Waals surface area contributed by atoms with Gasteiger partial charge in [0, 0.05) is 38.4 Å². The first kappa shape index (κ1) is 25.5. The van der Waals surface area contributed by atoms with Gasteiger partial charge in [-0.25, -0.2) is 9.79 Å². The molecule has 0 atom stereocenters. The summed E-state index contributed by atoms with van der Waals surface area (Å²) in [5.41, 5.74) is 1.72. The molecule has 32 heavy (non-hydrogen) atoms. The van der Waals surface area contributed by atoms with Crippen LogP contribution in [0.5, 0.6) is 0 Å². The van der Waals surface area contributed by atoms with Gasteiger partial charge >= 0.3 is 6.09 Å². The molecule has 2 N–H and O–H groups in total. The average molecular weight is 555 g/mol. The highest BCUT2D eigenvalue weighted by atomic mass is 127. The number of guanidine groups is 1. The fraction of sp³-hybridized carbons (Fsp3) is 0.409. The zero-order valence-corrected chi connectivity index (χ0v) is 20.7. The number of carbonyl (C=O) groups is 2. The van der Waals surface area contributed by atoms with Crippen molar-refractivity contribution in [3.63, 3.8) is 0 Å². The van der Waals surface area contributed by atoms with Gasteiger partial charge in [0.2, 0.25) is 0 Å². The third kappa shape index (κ3) is 7.14. The number of benzene rings is 1. The smallest absolute Gasteiger partial charge is 0.409 e. The predicted molar refractivity (Wildman–Crippen MR) is 134 cm³/mol. The van der Waals surface area contributed by atoms with E-state index in [0.29, 0.717) is 45.0 Å². The minimum Gasteiger partial charge on any atom is -0.459 e. The molecule has 0 aliphatic carbocycles. The van der Waals surface area contributed by atoms with Crippen LogP contribution in [-0.4, -0.2) is 67.1 Å². The molecule has 1 aromatic carbocycles. The Morgan fingerprint density at radius 1 is 1.06 bits per heavy atom. The number of carbonyl (C=O) groups excluding carboxylic acids is 2. The van der Waals surface area contributed by atoms with Gasteiger partial charge in [0.15, 0.2) is 11.7 Å². The summed E-state index contributed by atoms with van der Waals surface area (Å²) in [6.45, 7) is 8.09. The first-order valence-corrected chi connectivity index (χ1v) is 10.5. The van der Waals surface area contributed by atoms with Gasteiger partial charge < -0.3 is 29.6 Å². The average Bonchev–Trinajstić information content (AvgIpc) is 3.33. The Bertz CT molecular complexity index is 878. The van der Waals surface area contributed by atoms with E-state index in [4.69, 9.17) is 14.1 Å². The first-order chi connectivity index (χ1) is 15.1. The van der Waals surface area contributed by atoms with E-state index >= 15 is 0 Å². The molecule has 1 aliphatic heterocycles. The van der Waals surface area contributed by atoms with Crippen LogP contribution >= 0.6 is 24.0 Å². The highest BCUT2D eigenvalue weighted by Crippen LogP contribution is 2.13. The van der Waals surface area contributed by atoms with Gasteiger partial charge in [-0.05, 0) is 43.7 Å². The lowest BCUT2D eigenvalue weighted by atomic mass is 10.2. The van der Waals surface area contributed by atoms with Gasteiger partial charge in [0.25, 0.3) is 5.91 Å². The summed E-state index contributed by atoms with van der Waals surface area (Å²) in [5, 5.41) is 6.12. The number of amides is 2. The van der Waals surface area contributed by atoms with Gasteiger partial charge in [-0.3, -0.25) is 4.79 Å². The van der Waals surface area contributed by atoms with Gasteiger partial charge in [-0.15, -0.1) is 24.0 Å². The van der Waals surface area contributed by atoms with E-state index in [1.165, 1.54) is 6.26 Å².